The van der Waals surface area contributed by atoms with Crippen LogP contribution in [0.25, 0.3) is 11.0 Å². The summed E-state index contributed by atoms with van der Waals surface area (Å²) in [6, 6.07) is 4.60. The van der Waals surface area contributed by atoms with Crippen LogP contribution in [0.3, 0.4) is 0 Å². The van der Waals surface area contributed by atoms with Gasteiger partial charge in [-0.3, -0.25) is 0 Å². The molecule has 0 saturated carbocycles. The van der Waals surface area contributed by atoms with E-state index in [0.29, 0.717) is 32.9 Å². The maximum absolute atomic E-state index is 12.5. The Balaban J connectivity index is 1.82. The summed E-state index contributed by atoms with van der Waals surface area (Å²) in [5.41, 5.74) is 0.432. The van der Waals surface area contributed by atoms with E-state index in [4.69, 9.17) is 9.15 Å². The first-order chi connectivity index (χ1) is 11.3. The average Bonchev–Trinajstić information content (AvgIpc) is 3.07. The van der Waals surface area contributed by atoms with Crippen LogP contribution in [0, 0.1) is 6.92 Å². The number of rotatable bonds is 4. The van der Waals surface area contributed by atoms with Crippen molar-refractivity contribution < 1.29 is 32.2 Å². The second kappa shape index (κ2) is 5.82. The molecule has 24 heavy (non-hydrogen) atoms. The molecule has 0 aliphatic rings. The van der Waals surface area contributed by atoms with Crippen LogP contribution in [0.5, 0.6) is 5.75 Å². The Bertz CT molecular complexity index is 913. The Labute approximate surface area is 137 Å². The second-order valence-electron chi connectivity index (χ2n) is 4.91. The molecule has 0 radical (unpaired) electrons. The Morgan fingerprint density at radius 1 is 1.42 bits per heavy atom. The largest absolute Gasteiger partial charge is 0.488 e. The summed E-state index contributed by atoms with van der Waals surface area (Å²) >= 11 is 0.501. The molecule has 0 bridgehead atoms. The third kappa shape index (κ3) is 3.07. The number of nitrogens with zero attached hydrogens (tertiary/aromatic N) is 1. The predicted molar refractivity (Wildman–Crippen MR) is 79.4 cm³/mol. The molecule has 0 unspecified atom stereocenters. The zero-order chi connectivity index (χ0) is 17.5. The molecule has 0 fully saturated rings. The first-order valence-electron chi connectivity index (χ1n) is 6.67. The van der Waals surface area contributed by atoms with Crippen molar-refractivity contribution in [2.75, 3.05) is 0 Å². The van der Waals surface area contributed by atoms with E-state index in [-0.39, 0.29) is 17.9 Å². The molecular formula is C15H10F3NO4S. The van der Waals surface area contributed by atoms with Crippen LogP contribution in [0.15, 0.2) is 28.8 Å². The summed E-state index contributed by atoms with van der Waals surface area (Å²) in [5, 5.41) is 8.65. The maximum atomic E-state index is 12.5. The SMILES string of the molecule is Cc1oc2ccc(OCc3cnc(C(F)(F)F)s3)cc2c1C(=O)O. The number of carbonyl (C=O) groups is 1. The number of carboxylic acid groups (broad SMARTS) is 1. The number of ether oxygens (including phenoxy) is 1. The van der Waals surface area contributed by atoms with Crippen molar-refractivity contribution in [3.63, 3.8) is 0 Å². The summed E-state index contributed by atoms with van der Waals surface area (Å²) < 4.78 is 48.3. The number of furan rings is 1. The number of benzene rings is 1. The molecule has 2 heterocycles. The lowest BCUT2D eigenvalue weighted by atomic mass is 10.1. The Kier molecular flexibility index (Phi) is 3.96. The standard InChI is InChI=1S/C15H10F3NO4S/c1-7-12(13(20)21)10-4-8(2-3-11(10)23-7)22-6-9-5-19-14(24-9)15(16,17)18/h2-5H,6H2,1H3,(H,20,21). The summed E-state index contributed by atoms with van der Waals surface area (Å²) in [7, 11) is 0. The van der Waals surface area contributed by atoms with Gasteiger partial charge in [-0.1, -0.05) is 0 Å². The topological polar surface area (TPSA) is 72.6 Å². The second-order valence-corrected chi connectivity index (χ2v) is 6.03. The lowest BCUT2D eigenvalue weighted by molar-refractivity contribution is -0.137. The van der Waals surface area contributed by atoms with E-state index in [1.165, 1.54) is 6.07 Å². The number of aromatic nitrogens is 1. The Morgan fingerprint density at radius 2 is 2.17 bits per heavy atom. The molecule has 9 heteroatoms. The fourth-order valence-corrected chi connectivity index (χ4v) is 2.91. The number of aromatic carboxylic acids is 1. The molecule has 3 rings (SSSR count). The molecule has 1 N–H and O–H groups in total. The van der Waals surface area contributed by atoms with E-state index in [0.717, 1.165) is 6.20 Å². The fourth-order valence-electron chi connectivity index (χ4n) is 2.21. The summed E-state index contributed by atoms with van der Waals surface area (Å²) in [6.45, 7) is 1.44. The van der Waals surface area contributed by atoms with E-state index in [1.54, 1.807) is 19.1 Å². The molecule has 0 saturated heterocycles. The smallest absolute Gasteiger partial charge is 0.443 e. The van der Waals surface area contributed by atoms with Crippen molar-refractivity contribution in [2.24, 2.45) is 0 Å². The van der Waals surface area contributed by atoms with Crippen LogP contribution in [0.1, 0.15) is 26.0 Å². The highest BCUT2D eigenvalue weighted by Gasteiger charge is 2.34. The van der Waals surface area contributed by atoms with Crippen LogP contribution >= 0.6 is 11.3 Å². The van der Waals surface area contributed by atoms with Gasteiger partial charge in [0, 0.05) is 11.6 Å². The van der Waals surface area contributed by atoms with E-state index in [9.17, 15) is 23.1 Å². The van der Waals surface area contributed by atoms with Gasteiger partial charge in [0.15, 0.2) is 5.01 Å². The lowest BCUT2D eigenvalue weighted by Crippen LogP contribution is -2.02. The first kappa shape index (κ1) is 16.3. The van der Waals surface area contributed by atoms with Crippen molar-refractivity contribution in [3.05, 3.63) is 45.6 Å². The van der Waals surface area contributed by atoms with Crippen molar-refractivity contribution in [2.45, 2.75) is 19.7 Å². The van der Waals surface area contributed by atoms with Gasteiger partial charge in [-0.05, 0) is 25.1 Å². The van der Waals surface area contributed by atoms with Crippen LogP contribution in [-0.2, 0) is 12.8 Å². The third-order valence-electron chi connectivity index (χ3n) is 3.23. The molecule has 5 nitrogen and oxygen atoms in total. The van der Waals surface area contributed by atoms with Gasteiger partial charge in [-0.25, -0.2) is 9.78 Å². The molecule has 0 aliphatic heterocycles. The highest BCUT2D eigenvalue weighted by molar-refractivity contribution is 7.11. The molecule has 2 aromatic heterocycles. The zero-order valence-corrected chi connectivity index (χ0v) is 13.0. The van der Waals surface area contributed by atoms with Crippen molar-refractivity contribution in [1.29, 1.82) is 0 Å². The van der Waals surface area contributed by atoms with E-state index < -0.39 is 17.2 Å². The van der Waals surface area contributed by atoms with E-state index >= 15 is 0 Å². The Hall–Kier alpha value is -2.55. The Morgan fingerprint density at radius 3 is 2.79 bits per heavy atom. The maximum Gasteiger partial charge on any atom is 0.443 e. The minimum atomic E-state index is -4.48. The monoisotopic (exact) mass is 357 g/mol. The number of carboxylic acids is 1. The molecule has 0 aliphatic carbocycles. The number of aryl methyl sites for hydroxylation is 1. The number of halogens is 3. The third-order valence-corrected chi connectivity index (χ3v) is 4.24. The number of fused-ring (bicyclic) bond motifs is 1. The number of hydrogen-bond acceptors (Lipinski definition) is 5. The van der Waals surface area contributed by atoms with Gasteiger partial charge in [-0.15, -0.1) is 11.3 Å². The summed E-state index contributed by atoms with van der Waals surface area (Å²) in [4.78, 5) is 14.9. The quantitative estimate of drug-likeness (QED) is 0.745. The molecule has 0 amide bonds. The highest BCUT2D eigenvalue weighted by atomic mass is 32.1. The van der Waals surface area contributed by atoms with Gasteiger partial charge in [0.2, 0.25) is 0 Å². The van der Waals surface area contributed by atoms with Crippen LogP contribution in [0.2, 0.25) is 0 Å². The first-order valence-corrected chi connectivity index (χ1v) is 7.48. The normalized spacial score (nSPS) is 11.8. The van der Waals surface area contributed by atoms with E-state index in [1.807, 2.05) is 0 Å². The van der Waals surface area contributed by atoms with Crippen LogP contribution in [-0.4, -0.2) is 16.1 Å². The molecule has 3 aromatic rings. The zero-order valence-electron chi connectivity index (χ0n) is 12.2. The van der Waals surface area contributed by atoms with Gasteiger partial charge in [-0.2, -0.15) is 13.2 Å². The predicted octanol–water partition coefficient (Wildman–Crippen LogP) is 4.49. The van der Waals surface area contributed by atoms with Crippen LogP contribution < -0.4 is 4.74 Å². The van der Waals surface area contributed by atoms with Gasteiger partial charge in [0.1, 0.15) is 29.3 Å². The van der Waals surface area contributed by atoms with Crippen molar-refractivity contribution in [1.82, 2.24) is 4.98 Å². The number of alkyl halides is 3. The van der Waals surface area contributed by atoms with Gasteiger partial charge in [0.25, 0.3) is 0 Å². The van der Waals surface area contributed by atoms with Gasteiger partial charge in [0.05, 0.1) is 4.88 Å². The summed E-state index contributed by atoms with van der Waals surface area (Å²) in [5.74, 6) is -0.527. The molecule has 126 valence electrons. The molecule has 0 spiro atoms. The highest BCUT2D eigenvalue weighted by Crippen LogP contribution is 2.33. The number of thiazole rings is 1. The minimum Gasteiger partial charge on any atom is -0.488 e. The minimum absolute atomic E-state index is 0.0348. The van der Waals surface area contributed by atoms with E-state index in [2.05, 4.69) is 4.98 Å². The van der Waals surface area contributed by atoms with Gasteiger partial charge < -0.3 is 14.3 Å². The van der Waals surface area contributed by atoms with Crippen LogP contribution in [0.4, 0.5) is 13.2 Å². The van der Waals surface area contributed by atoms with Crippen molar-refractivity contribution >= 4 is 28.3 Å². The fraction of sp³-hybridized carbons (Fsp3) is 0.200. The average molecular weight is 357 g/mol. The molecule has 0 atom stereocenters. The number of hydrogen-bond donors (Lipinski definition) is 1. The molecular weight excluding hydrogens is 347 g/mol. The van der Waals surface area contributed by atoms with Crippen molar-refractivity contribution in [3.8, 4) is 5.75 Å². The summed E-state index contributed by atoms with van der Waals surface area (Å²) in [6.07, 6.45) is -3.37. The lowest BCUT2D eigenvalue weighted by Gasteiger charge is -2.04. The molecule has 1 aromatic carbocycles. The van der Waals surface area contributed by atoms with Gasteiger partial charge >= 0.3 is 12.1 Å².